The molecular formula is C7H11BS. The van der Waals surface area contributed by atoms with E-state index in [4.69, 9.17) is 0 Å². The summed E-state index contributed by atoms with van der Waals surface area (Å²) in [7, 11) is 2.15. The molecule has 0 nitrogen and oxygen atoms in total. The summed E-state index contributed by atoms with van der Waals surface area (Å²) in [5.74, 6) is 0.698. The lowest BCUT2D eigenvalue weighted by Crippen LogP contribution is -1.89. The van der Waals surface area contributed by atoms with E-state index in [-0.39, 0.29) is 0 Å². The minimum atomic E-state index is 0.698. The third kappa shape index (κ3) is 1.58. The van der Waals surface area contributed by atoms with Gasteiger partial charge in [-0.3, -0.25) is 0 Å². The van der Waals surface area contributed by atoms with Gasteiger partial charge in [0, 0.05) is 4.88 Å². The van der Waals surface area contributed by atoms with Gasteiger partial charge in [0.05, 0.1) is 0 Å². The zero-order chi connectivity index (χ0) is 6.85. The molecule has 48 valence electrons. The van der Waals surface area contributed by atoms with E-state index in [9.17, 15) is 0 Å². The van der Waals surface area contributed by atoms with Crippen molar-refractivity contribution in [1.29, 1.82) is 0 Å². The summed E-state index contributed by atoms with van der Waals surface area (Å²) in [5, 5.41) is 0. The molecule has 0 fully saturated rings. The molecule has 1 heterocycles. The fraction of sp³-hybridized carbons (Fsp3) is 0.429. The van der Waals surface area contributed by atoms with Crippen molar-refractivity contribution in [2.75, 3.05) is 0 Å². The number of rotatable bonds is 1. The Morgan fingerprint density at radius 1 is 1.44 bits per heavy atom. The van der Waals surface area contributed by atoms with Gasteiger partial charge in [0.2, 0.25) is 0 Å². The third-order valence-corrected chi connectivity index (χ3v) is 2.63. The van der Waals surface area contributed by atoms with Gasteiger partial charge in [-0.25, -0.2) is 0 Å². The molecule has 0 aromatic carbocycles. The molecule has 1 rings (SSSR count). The van der Waals surface area contributed by atoms with Crippen LogP contribution in [-0.4, -0.2) is 7.85 Å². The van der Waals surface area contributed by atoms with Gasteiger partial charge in [-0.1, -0.05) is 19.9 Å². The van der Waals surface area contributed by atoms with Crippen LogP contribution in [0.5, 0.6) is 0 Å². The summed E-state index contributed by atoms with van der Waals surface area (Å²) in [6.45, 7) is 4.45. The maximum atomic E-state index is 2.23. The first-order chi connectivity index (χ1) is 4.20. The maximum absolute atomic E-state index is 2.23. The predicted molar refractivity (Wildman–Crippen MR) is 46.6 cm³/mol. The number of hydrogen-bond acceptors (Lipinski definition) is 1. The Bertz CT molecular complexity index is 191. The molecule has 0 radical (unpaired) electrons. The molecule has 0 bridgehead atoms. The van der Waals surface area contributed by atoms with Gasteiger partial charge in [-0.05, 0) is 16.8 Å². The summed E-state index contributed by atoms with van der Waals surface area (Å²) < 4.78 is 1.42. The highest BCUT2D eigenvalue weighted by molar-refractivity contribution is 7.20. The summed E-state index contributed by atoms with van der Waals surface area (Å²) in [4.78, 5) is 1.49. The predicted octanol–water partition coefficient (Wildman–Crippen LogP) is 1.13. The van der Waals surface area contributed by atoms with E-state index in [2.05, 4.69) is 33.8 Å². The van der Waals surface area contributed by atoms with E-state index >= 15 is 0 Å². The third-order valence-electron chi connectivity index (χ3n) is 1.33. The van der Waals surface area contributed by atoms with Crippen molar-refractivity contribution in [2.45, 2.75) is 19.8 Å². The molecule has 0 saturated carbocycles. The quantitative estimate of drug-likeness (QED) is 0.510. The lowest BCUT2D eigenvalue weighted by Gasteiger charge is -1.96. The lowest BCUT2D eigenvalue weighted by molar-refractivity contribution is 0.890. The zero-order valence-electron chi connectivity index (χ0n) is 6.14. The second-order valence-electron chi connectivity index (χ2n) is 2.60. The van der Waals surface area contributed by atoms with Gasteiger partial charge in [-0.15, -0.1) is 0 Å². The smallest absolute Gasteiger partial charge is 0.152 e. The first kappa shape index (κ1) is 6.88. The maximum Gasteiger partial charge on any atom is 0.152 e. The van der Waals surface area contributed by atoms with Crippen molar-refractivity contribution < 1.29 is 0 Å². The molecule has 0 N–H and O–H groups in total. The Labute approximate surface area is 61.3 Å². The van der Waals surface area contributed by atoms with Crippen molar-refractivity contribution in [3.8, 4) is 0 Å². The van der Waals surface area contributed by atoms with Crippen LogP contribution in [0.15, 0.2) is 12.1 Å². The standard InChI is InChI=1S/C7H11BS/c1-5(2)6-3-4-7(8)9-6/h3-5H,8H2,1-2H3. The second-order valence-corrected chi connectivity index (χ2v) is 3.92. The van der Waals surface area contributed by atoms with Crippen molar-refractivity contribution in [1.82, 2.24) is 0 Å². The van der Waals surface area contributed by atoms with Crippen LogP contribution in [0.1, 0.15) is 24.6 Å². The van der Waals surface area contributed by atoms with Gasteiger partial charge in [0.1, 0.15) is 0 Å². The molecule has 0 atom stereocenters. The van der Waals surface area contributed by atoms with Crippen molar-refractivity contribution in [3.63, 3.8) is 0 Å². The Balaban J connectivity index is 2.85. The Kier molecular flexibility index (Phi) is 1.96. The monoisotopic (exact) mass is 138 g/mol. The van der Waals surface area contributed by atoms with Gasteiger partial charge in [0.15, 0.2) is 7.85 Å². The molecule has 2 heteroatoms. The molecule has 0 aliphatic rings. The van der Waals surface area contributed by atoms with Gasteiger partial charge in [-0.2, -0.15) is 11.3 Å². The minimum Gasteiger partial charge on any atom is -0.156 e. The Morgan fingerprint density at radius 2 is 2.11 bits per heavy atom. The van der Waals surface area contributed by atoms with Crippen molar-refractivity contribution in [2.24, 2.45) is 0 Å². The molecule has 0 spiro atoms. The fourth-order valence-corrected chi connectivity index (χ4v) is 1.64. The Morgan fingerprint density at radius 3 is 2.33 bits per heavy atom. The molecule has 1 aromatic rings. The fourth-order valence-electron chi connectivity index (χ4n) is 0.764. The summed E-state index contributed by atoms with van der Waals surface area (Å²) in [5.41, 5.74) is 0. The second kappa shape index (κ2) is 2.57. The van der Waals surface area contributed by atoms with E-state index in [0.29, 0.717) is 5.92 Å². The van der Waals surface area contributed by atoms with Crippen molar-refractivity contribution in [3.05, 3.63) is 17.0 Å². The molecule has 1 aromatic heterocycles. The van der Waals surface area contributed by atoms with E-state index in [0.717, 1.165) is 0 Å². The topological polar surface area (TPSA) is 0 Å². The Hall–Kier alpha value is -0.235. The molecule has 0 saturated heterocycles. The highest BCUT2D eigenvalue weighted by atomic mass is 32.1. The van der Waals surface area contributed by atoms with Crippen LogP contribution in [0.4, 0.5) is 0 Å². The van der Waals surface area contributed by atoms with Crippen LogP contribution in [0.25, 0.3) is 0 Å². The van der Waals surface area contributed by atoms with Crippen LogP contribution in [-0.2, 0) is 0 Å². The highest BCUT2D eigenvalue weighted by Gasteiger charge is 1.99. The SMILES string of the molecule is Bc1ccc(C(C)C)s1. The lowest BCUT2D eigenvalue weighted by atomic mass is 10.1. The van der Waals surface area contributed by atoms with Crippen LogP contribution in [0, 0.1) is 0 Å². The van der Waals surface area contributed by atoms with E-state index in [1.807, 2.05) is 11.3 Å². The van der Waals surface area contributed by atoms with Gasteiger partial charge < -0.3 is 0 Å². The van der Waals surface area contributed by atoms with Crippen LogP contribution < -0.4 is 4.78 Å². The summed E-state index contributed by atoms with van der Waals surface area (Å²) >= 11 is 1.90. The largest absolute Gasteiger partial charge is 0.156 e. The van der Waals surface area contributed by atoms with Gasteiger partial charge >= 0.3 is 0 Å². The number of hydrogen-bond donors (Lipinski definition) is 0. The van der Waals surface area contributed by atoms with Crippen molar-refractivity contribution >= 4 is 24.0 Å². The first-order valence-electron chi connectivity index (χ1n) is 3.26. The average Bonchev–Trinajstić information content (AvgIpc) is 2.14. The van der Waals surface area contributed by atoms with Crippen LogP contribution in [0.3, 0.4) is 0 Å². The number of thiophene rings is 1. The zero-order valence-corrected chi connectivity index (χ0v) is 6.96. The molecule has 0 aliphatic carbocycles. The van der Waals surface area contributed by atoms with Crippen LogP contribution in [0.2, 0.25) is 0 Å². The molecule has 0 aliphatic heterocycles. The van der Waals surface area contributed by atoms with E-state index in [1.165, 1.54) is 9.65 Å². The van der Waals surface area contributed by atoms with Gasteiger partial charge in [0.25, 0.3) is 0 Å². The molecule has 0 unspecified atom stereocenters. The normalized spacial score (nSPS) is 10.6. The average molecular weight is 138 g/mol. The molecule has 0 amide bonds. The van der Waals surface area contributed by atoms with E-state index in [1.54, 1.807) is 0 Å². The summed E-state index contributed by atoms with van der Waals surface area (Å²) in [6.07, 6.45) is 0. The summed E-state index contributed by atoms with van der Waals surface area (Å²) in [6, 6.07) is 4.39. The molecule has 9 heavy (non-hydrogen) atoms. The first-order valence-corrected chi connectivity index (χ1v) is 4.08. The molecular weight excluding hydrogens is 127 g/mol. The highest BCUT2D eigenvalue weighted by Crippen LogP contribution is 2.17. The van der Waals surface area contributed by atoms with E-state index < -0.39 is 0 Å². The minimum absolute atomic E-state index is 0.698. The van der Waals surface area contributed by atoms with Crippen LogP contribution >= 0.6 is 11.3 Å².